The van der Waals surface area contributed by atoms with Gasteiger partial charge in [0.2, 0.25) is 0 Å². The van der Waals surface area contributed by atoms with Gasteiger partial charge in [0.25, 0.3) is 0 Å². The van der Waals surface area contributed by atoms with Gasteiger partial charge in [-0.05, 0) is 70.6 Å². The molecule has 0 aliphatic heterocycles. The van der Waals surface area contributed by atoms with E-state index in [0.717, 1.165) is 64.2 Å². The molecule has 0 bridgehead atoms. The number of carboxylic acids is 1. The summed E-state index contributed by atoms with van der Waals surface area (Å²) in [5.41, 5.74) is 0. The molecular formula is C52H93NO7. The Balaban J connectivity index is 4.20. The minimum atomic E-state index is -1.13. The smallest absolute Gasteiger partial charge is 0.306 e. The second-order valence-electron chi connectivity index (χ2n) is 17.7. The number of unbranched alkanes of at least 4 members (excludes halogenated alkanes) is 22. The zero-order valence-electron chi connectivity index (χ0n) is 39.6. The van der Waals surface area contributed by atoms with Crippen LogP contribution in [0.15, 0.2) is 48.6 Å². The van der Waals surface area contributed by atoms with E-state index >= 15 is 0 Å². The molecule has 8 nitrogen and oxygen atoms in total. The van der Waals surface area contributed by atoms with Crippen molar-refractivity contribution in [3.63, 3.8) is 0 Å². The van der Waals surface area contributed by atoms with Gasteiger partial charge >= 0.3 is 11.9 Å². The van der Waals surface area contributed by atoms with Crippen LogP contribution < -0.4 is 5.11 Å². The number of hydrogen-bond donors (Lipinski definition) is 0. The standard InChI is InChI=1S/C52H93NO7/c1-6-8-10-12-14-16-18-20-21-22-23-24-25-26-27-28-29-31-32-34-36-38-40-42-50(54)59-47-48(46-58-45-44-49(52(56)57)53(3,4)5)60-51(55)43-41-39-37-35-33-30-19-17-15-13-11-9-7-2/h9,11,15,17,22-23,30,33,48-49H,6-8,10,12-14,16,18-21,24-29,31-32,34-47H2,1-5H3/b11-9-,17-15-,23-22-,33-30-. The predicted octanol–water partition coefficient (Wildman–Crippen LogP) is 12.6. The van der Waals surface area contributed by atoms with Crippen LogP contribution in [0.3, 0.4) is 0 Å². The molecule has 8 heteroatoms. The highest BCUT2D eigenvalue weighted by atomic mass is 16.6. The summed E-state index contributed by atoms with van der Waals surface area (Å²) in [7, 11) is 5.40. The molecule has 2 atom stereocenters. The van der Waals surface area contributed by atoms with Crippen LogP contribution in [0.4, 0.5) is 0 Å². The Bertz CT molecular complexity index is 1120. The van der Waals surface area contributed by atoms with Crippen LogP contribution in [0.5, 0.6) is 0 Å². The summed E-state index contributed by atoms with van der Waals surface area (Å²) < 4.78 is 17.2. The molecule has 0 saturated carbocycles. The topological polar surface area (TPSA) is 102 Å². The van der Waals surface area contributed by atoms with Gasteiger partial charge in [-0.25, -0.2) is 0 Å². The minimum absolute atomic E-state index is 0.0286. The summed E-state index contributed by atoms with van der Waals surface area (Å²) in [6.07, 6.45) is 51.5. The molecule has 0 rings (SSSR count). The van der Waals surface area contributed by atoms with E-state index in [9.17, 15) is 19.5 Å². The van der Waals surface area contributed by atoms with E-state index in [1.165, 1.54) is 116 Å². The molecule has 2 unspecified atom stereocenters. The molecule has 0 aromatic heterocycles. The lowest BCUT2D eigenvalue weighted by Crippen LogP contribution is -2.55. The van der Waals surface area contributed by atoms with Crippen molar-refractivity contribution >= 4 is 17.9 Å². The Morgan fingerprint density at radius 3 is 1.42 bits per heavy atom. The molecule has 0 fully saturated rings. The first kappa shape index (κ1) is 57.3. The average Bonchev–Trinajstić information content (AvgIpc) is 3.21. The van der Waals surface area contributed by atoms with Gasteiger partial charge in [0, 0.05) is 19.3 Å². The van der Waals surface area contributed by atoms with Crippen LogP contribution in [0.2, 0.25) is 0 Å². The number of carbonyl (C=O) groups is 3. The predicted molar refractivity (Wildman–Crippen MR) is 250 cm³/mol. The molecule has 0 aromatic rings. The number of allylic oxidation sites excluding steroid dienone is 8. The molecule has 0 aliphatic carbocycles. The maximum Gasteiger partial charge on any atom is 0.306 e. The molecule has 0 saturated heterocycles. The van der Waals surface area contributed by atoms with Gasteiger partial charge in [0.05, 0.1) is 40.3 Å². The first-order valence-corrected chi connectivity index (χ1v) is 24.7. The average molecular weight is 844 g/mol. The Labute approximate surface area is 369 Å². The molecule has 0 N–H and O–H groups in total. The van der Waals surface area contributed by atoms with Crippen molar-refractivity contribution in [2.75, 3.05) is 41.0 Å². The van der Waals surface area contributed by atoms with Gasteiger partial charge in [-0.1, -0.05) is 172 Å². The van der Waals surface area contributed by atoms with Gasteiger partial charge in [-0.3, -0.25) is 9.59 Å². The lowest BCUT2D eigenvalue weighted by molar-refractivity contribution is -0.889. The number of hydrogen-bond acceptors (Lipinski definition) is 7. The number of carboxylic acid groups (broad SMARTS) is 1. The molecule has 0 aliphatic rings. The van der Waals surface area contributed by atoms with Gasteiger partial charge in [0.1, 0.15) is 12.6 Å². The second-order valence-corrected chi connectivity index (χ2v) is 17.7. The summed E-state index contributed by atoms with van der Waals surface area (Å²) in [4.78, 5) is 36.9. The zero-order valence-corrected chi connectivity index (χ0v) is 39.6. The van der Waals surface area contributed by atoms with E-state index in [0.29, 0.717) is 6.42 Å². The van der Waals surface area contributed by atoms with Crippen LogP contribution in [-0.2, 0) is 28.6 Å². The number of ether oxygens (including phenoxy) is 3. The Morgan fingerprint density at radius 1 is 0.517 bits per heavy atom. The van der Waals surface area contributed by atoms with Crippen molar-refractivity contribution in [3.8, 4) is 0 Å². The lowest BCUT2D eigenvalue weighted by atomic mass is 10.0. The monoisotopic (exact) mass is 844 g/mol. The summed E-state index contributed by atoms with van der Waals surface area (Å²) in [6, 6.07) is -0.732. The summed E-state index contributed by atoms with van der Waals surface area (Å²) in [5.74, 6) is -1.77. The number of rotatable bonds is 44. The van der Waals surface area contributed by atoms with E-state index in [2.05, 4.69) is 62.5 Å². The highest BCUT2D eigenvalue weighted by molar-refractivity contribution is 5.70. The number of esters is 2. The van der Waals surface area contributed by atoms with Crippen molar-refractivity contribution in [2.24, 2.45) is 0 Å². The molecule has 0 radical (unpaired) electrons. The fourth-order valence-corrected chi connectivity index (χ4v) is 7.14. The molecule has 348 valence electrons. The third-order valence-electron chi connectivity index (χ3n) is 10.9. The first-order valence-electron chi connectivity index (χ1n) is 24.7. The van der Waals surface area contributed by atoms with Crippen molar-refractivity contribution in [1.29, 1.82) is 0 Å². The zero-order chi connectivity index (χ0) is 44.2. The summed E-state index contributed by atoms with van der Waals surface area (Å²) in [6.45, 7) is 4.53. The highest BCUT2D eigenvalue weighted by Crippen LogP contribution is 2.15. The van der Waals surface area contributed by atoms with Crippen molar-refractivity contribution in [3.05, 3.63) is 48.6 Å². The second kappa shape index (κ2) is 43.0. The number of likely N-dealkylation sites (N-methyl/N-ethyl adjacent to an activating group) is 1. The Morgan fingerprint density at radius 2 is 0.933 bits per heavy atom. The number of carbonyl (C=O) groups excluding carboxylic acids is 3. The Kier molecular flexibility index (Phi) is 41.0. The summed E-state index contributed by atoms with van der Waals surface area (Å²) >= 11 is 0. The normalized spacial score (nSPS) is 13.3. The van der Waals surface area contributed by atoms with Crippen LogP contribution in [0.25, 0.3) is 0 Å². The molecule has 0 amide bonds. The van der Waals surface area contributed by atoms with Crippen molar-refractivity contribution in [1.82, 2.24) is 0 Å². The number of quaternary nitrogens is 1. The van der Waals surface area contributed by atoms with Gasteiger partial charge < -0.3 is 28.6 Å². The SMILES string of the molecule is CC/C=C\C/C=C\C/C=C\CCCCCC(=O)OC(COCCC(C(=O)[O-])[N+](C)(C)C)COC(=O)CCCCCCCCCCCCC/C=C\CCCCCCCCCC. The minimum Gasteiger partial charge on any atom is -0.544 e. The quantitative estimate of drug-likeness (QED) is 0.0260. The van der Waals surface area contributed by atoms with Crippen LogP contribution >= 0.6 is 0 Å². The molecular weight excluding hydrogens is 751 g/mol. The number of aliphatic carboxylic acids is 1. The maximum atomic E-state index is 12.7. The van der Waals surface area contributed by atoms with E-state index < -0.39 is 18.1 Å². The van der Waals surface area contributed by atoms with E-state index in [1.54, 1.807) is 21.1 Å². The van der Waals surface area contributed by atoms with Gasteiger partial charge in [0.15, 0.2) is 6.10 Å². The molecule has 0 heterocycles. The molecule has 60 heavy (non-hydrogen) atoms. The summed E-state index contributed by atoms with van der Waals surface area (Å²) in [5, 5.41) is 11.6. The van der Waals surface area contributed by atoms with E-state index in [-0.39, 0.29) is 49.1 Å². The van der Waals surface area contributed by atoms with Crippen LogP contribution in [0, 0.1) is 0 Å². The maximum absolute atomic E-state index is 12.7. The molecule has 0 aromatic carbocycles. The van der Waals surface area contributed by atoms with Crippen molar-refractivity contribution < 1.29 is 38.2 Å². The van der Waals surface area contributed by atoms with Gasteiger partial charge in [-0.2, -0.15) is 0 Å². The van der Waals surface area contributed by atoms with Crippen LogP contribution in [-0.4, -0.2) is 75.5 Å². The third kappa shape index (κ3) is 40.7. The third-order valence-corrected chi connectivity index (χ3v) is 10.9. The lowest BCUT2D eigenvalue weighted by Gasteiger charge is -2.34. The highest BCUT2D eigenvalue weighted by Gasteiger charge is 2.25. The van der Waals surface area contributed by atoms with Crippen molar-refractivity contribution in [2.45, 2.75) is 225 Å². The van der Waals surface area contributed by atoms with E-state index in [4.69, 9.17) is 14.2 Å². The Hall–Kier alpha value is -2.71. The molecule has 0 spiro atoms. The first-order chi connectivity index (χ1) is 29.1. The fourth-order valence-electron chi connectivity index (χ4n) is 7.14. The van der Waals surface area contributed by atoms with E-state index in [1.807, 2.05) is 0 Å². The fraction of sp³-hybridized carbons (Fsp3) is 0.788. The largest absolute Gasteiger partial charge is 0.544 e. The number of nitrogens with zero attached hydrogens (tertiary/aromatic N) is 1. The van der Waals surface area contributed by atoms with Gasteiger partial charge in [-0.15, -0.1) is 0 Å². The van der Waals surface area contributed by atoms with Crippen LogP contribution in [0.1, 0.15) is 213 Å².